The van der Waals surface area contributed by atoms with Crippen molar-refractivity contribution in [3.05, 3.63) is 60.2 Å². The number of methoxy groups -OCH3 is 1. The third kappa shape index (κ3) is 4.07. The van der Waals surface area contributed by atoms with Crippen molar-refractivity contribution in [2.24, 2.45) is 0 Å². The molecule has 2 heterocycles. The van der Waals surface area contributed by atoms with Crippen LogP contribution in [0.5, 0.6) is 5.75 Å². The smallest absolute Gasteiger partial charge is 0.240 e. The molecular weight excluding hydrogens is 396 g/mol. The van der Waals surface area contributed by atoms with Crippen LogP contribution in [0, 0.1) is 0 Å². The zero-order valence-electron chi connectivity index (χ0n) is 17.3. The van der Waals surface area contributed by atoms with Gasteiger partial charge in [-0.25, -0.2) is 0 Å². The van der Waals surface area contributed by atoms with Crippen LogP contribution in [0.1, 0.15) is 30.6 Å². The van der Waals surface area contributed by atoms with E-state index in [1.54, 1.807) is 7.11 Å². The molecule has 0 bridgehead atoms. The maximum absolute atomic E-state index is 13.4. The van der Waals surface area contributed by atoms with E-state index in [9.17, 15) is 4.79 Å². The zero-order chi connectivity index (χ0) is 20.9. The molecule has 0 radical (unpaired) electrons. The fourth-order valence-corrected chi connectivity index (χ4v) is 4.97. The number of benzene rings is 2. The Hall–Kier alpha value is -2.80. The molecule has 7 heteroatoms. The number of nitrogens with zero attached hydrogens (tertiary/aromatic N) is 4. The molecule has 6 nitrogen and oxygen atoms in total. The topological polar surface area (TPSA) is 60.2 Å². The van der Waals surface area contributed by atoms with Crippen LogP contribution >= 0.6 is 11.8 Å². The van der Waals surface area contributed by atoms with E-state index in [1.165, 1.54) is 11.8 Å². The van der Waals surface area contributed by atoms with Gasteiger partial charge in [0.25, 0.3) is 0 Å². The molecule has 3 aromatic rings. The van der Waals surface area contributed by atoms with E-state index in [0.717, 1.165) is 53.8 Å². The maximum Gasteiger partial charge on any atom is 0.240 e. The van der Waals surface area contributed by atoms with Gasteiger partial charge in [0.2, 0.25) is 5.91 Å². The Morgan fingerprint density at radius 3 is 2.47 bits per heavy atom. The summed E-state index contributed by atoms with van der Waals surface area (Å²) < 4.78 is 7.57. The third-order valence-corrected chi connectivity index (χ3v) is 6.57. The number of thioether (sulfide) groups is 1. The van der Waals surface area contributed by atoms with Crippen molar-refractivity contribution in [3.8, 4) is 17.1 Å². The molecule has 0 spiro atoms. The van der Waals surface area contributed by atoms with Gasteiger partial charge < -0.3 is 14.2 Å². The molecule has 2 aromatic carbocycles. The quantitative estimate of drug-likeness (QED) is 0.527. The molecule has 0 aliphatic carbocycles. The van der Waals surface area contributed by atoms with Crippen LogP contribution in [0.25, 0.3) is 11.4 Å². The summed E-state index contributed by atoms with van der Waals surface area (Å²) >= 11 is 1.47. The number of carbonyl (C=O) groups is 1. The minimum atomic E-state index is -0.343. The fraction of sp³-hybridized carbons (Fsp3) is 0.348. The minimum Gasteiger partial charge on any atom is -0.496 e. The van der Waals surface area contributed by atoms with E-state index in [2.05, 4.69) is 21.7 Å². The van der Waals surface area contributed by atoms with Gasteiger partial charge in [-0.05, 0) is 37.5 Å². The molecule has 1 atom stereocenters. The van der Waals surface area contributed by atoms with Gasteiger partial charge in [0, 0.05) is 19.6 Å². The summed E-state index contributed by atoms with van der Waals surface area (Å²) in [6.07, 6.45) is 2.14. The van der Waals surface area contributed by atoms with E-state index in [1.807, 2.05) is 59.5 Å². The van der Waals surface area contributed by atoms with Crippen LogP contribution < -0.4 is 4.74 Å². The summed E-state index contributed by atoms with van der Waals surface area (Å²) in [5.74, 6) is 1.65. The second-order valence-electron chi connectivity index (χ2n) is 7.19. The number of rotatable bonds is 7. The van der Waals surface area contributed by atoms with Gasteiger partial charge in [-0.15, -0.1) is 10.2 Å². The Kier molecular flexibility index (Phi) is 6.38. The second-order valence-corrected chi connectivity index (χ2v) is 8.26. The highest BCUT2D eigenvalue weighted by Crippen LogP contribution is 2.39. The zero-order valence-corrected chi connectivity index (χ0v) is 18.1. The highest BCUT2D eigenvalue weighted by atomic mass is 32.2. The number of likely N-dealkylation sites (tertiary alicyclic amines) is 1. The van der Waals surface area contributed by atoms with Crippen molar-refractivity contribution in [2.75, 3.05) is 20.2 Å². The monoisotopic (exact) mass is 422 g/mol. The van der Waals surface area contributed by atoms with Crippen molar-refractivity contribution < 1.29 is 9.53 Å². The van der Waals surface area contributed by atoms with E-state index in [-0.39, 0.29) is 11.2 Å². The number of hydrogen-bond donors (Lipinski definition) is 0. The number of hydrogen-bond acceptors (Lipinski definition) is 5. The largest absolute Gasteiger partial charge is 0.496 e. The van der Waals surface area contributed by atoms with E-state index in [4.69, 9.17) is 4.74 Å². The maximum atomic E-state index is 13.4. The SMILES string of the molecule is CCn1c(S[C@H](C(=O)N2CCCC2)c2ccccc2)nnc1-c1ccccc1OC. The first kappa shape index (κ1) is 20.5. The van der Waals surface area contributed by atoms with Gasteiger partial charge in [0.1, 0.15) is 11.0 Å². The predicted octanol–water partition coefficient (Wildman–Crippen LogP) is 4.43. The lowest BCUT2D eigenvalue weighted by molar-refractivity contribution is -0.129. The molecule has 1 fully saturated rings. The molecule has 1 aliphatic rings. The number of aromatic nitrogens is 3. The van der Waals surface area contributed by atoms with Gasteiger partial charge in [0.15, 0.2) is 11.0 Å². The predicted molar refractivity (Wildman–Crippen MR) is 119 cm³/mol. The third-order valence-electron chi connectivity index (χ3n) is 5.35. The average Bonchev–Trinajstić information content (AvgIpc) is 3.47. The lowest BCUT2D eigenvalue weighted by atomic mass is 10.1. The molecule has 30 heavy (non-hydrogen) atoms. The minimum absolute atomic E-state index is 0.146. The van der Waals surface area contributed by atoms with Gasteiger partial charge in [0.05, 0.1) is 12.7 Å². The molecule has 1 aromatic heterocycles. The lowest BCUT2D eigenvalue weighted by Gasteiger charge is -2.23. The second kappa shape index (κ2) is 9.34. The Morgan fingerprint density at radius 2 is 1.77 bits per heavy atom. The van der Waals surface area contributed by atoms with E-state index in [0.29, 0.717) is 6.54 Å². The fourth-order valence-electron chi connectivity index (χ4n) is 3.79. The standard InChI is InChI=1S/C23H26N4O2S/c1-3-27-21(18-13-7-8-14-19(18)29-2)24-25-23(27)30-20(17-11-5-4-6-12-17)22(28)26-15-9-10-16-26/h4-8,11-14,20H,3,9-10,15-16H2,1-2H3/t20-/m0/s1. The number of amides is 1. The molecule has 0 saturated carbocycles. The molecule has 0 unspecified atom stereocenters. The van der Waals surface area contributed by atoms with Gasteiger partial charge >= 0.3 is 0 Å². The summed E-state index contributed by atoms with van der Waals surface area (Å²) in [4.78, 5) is 15.3. The van der Waals surface area contributed by atoms with Gasteiger partial charge in [-0.2, -0.15) is 0 Å². The van der Waals surface area contributed by atoms with Crippen LogP contribution in [-0.4, -0.2) is 45.8 Å². The van der Waals surface area contributed by atoms with Crippen LogP contribution in [0.4, 0.5) is 0 Å². The Morgan fingerprint density at radius 1 is 1.07 bits per heavy atom. The number of carbonyl (C=O) groups excluding carboxylic acids is 1. The van der Waals surface area contributed by atoms with Crippen molar-refractivity contribution in [1.29, 1.82) is 0 Å². The van der Waals surface area contributed by atoms with Crippen molar-refractivity contribution in [1.82, 2.24) is 19.7 Å². The highest BCUT2D eigenvalue weighted by molar-refractivity contribution is 8.00. The summed E-state index contributed by atoms with van der Waals surface area (Å²) in [6, 6.07) is 17.7. The highest BCUT2D eigenvalue weighted by Gasteiger charge is 2.31. The molecule has 1 amide bonds. The Labute approximate surface area is 181 Å². The van der Waals surface area contributed by atoms with Crippen LogP contribution in [-0.2, 0) is 11.3 Å². The van der Waals surface area contributed by atoms with Crippen LogP contribution in [0.15, 0.2) is 59.8 Å². The van der Waals surface area contributed by atoms with Crippen LogP contribution in [0.3, 0.4) is 0 Å². The molecule has 1 saturated heterocycles. The van der Waals surface area contributed by atoms with Crippen molar-refractivity contribution in [3.63, 3.8) is 0 Å². The Bertz CT molecular complexity index is 999. The van der Waals surface area contributed by atoms with E-state index >= 15 is 0 Å². The van der Waals surface area contributed by atoms with E-state index < -0.39 is 0 Å². The van der Waals surface area contributed by atoms with Gasteiger partial charge in [-0.1, -0.05) is 54.2 Å². The molecule has 156 valence electrons. The normalized spacial score (nSPS) is 14.7. The molecule has 4 rings (SSSR count). The van der Waals surface area contributed by atoms with Crippen LogP contribution in [0.2, 0.25) is 0 Å². The number of para-hydroxylation sites is 1. The first-order valence-corrected chi connectivity index (χ1v) is 11.2. The first-order chi connectivity index (χ1) is 14.7. The van der Waals surface area contributed by atoms with Crippen molar-refractivity contribution >= 4 is 17.7 Å². The van der Waals surface area contributed by atoms with Gasteiger partial charge in [-0.3, -0.25) is 4.79 Å². The summed E-state index contributed by atoms with van der Waals surface area (Å²) in [5.41, 5.74) is 1.88. The summed E-state index contributed by atoms with van der Waals surface area (Å²) in [7, 11) is 1.65. The van der Waals surface area contributed by atoms with Crippen molar-refractivity contribution in [2.45, 2.75) is 36.7 Å². The first-order valence-electron chi connectivity index (χ1n) is 10.3. The Balaban J connectivity index is 1.70. The summed E-state index contributed by atoms with van der Waals surface area (Å²) in [5, 5.41) is 9.31. The molecular formula is C23H26N4O2S. The molecule has 0 N–H and O–H groups in total. The summed E-state index contributed by atoms with van der Waals surface area (Å²) in [6.45, 7) is 4.42. The lowest BCUT2D eigenvalue weighted by Crippen LogP contribution is -2.31. The molecule has 1 aliphatic heterocycles. The number of ether oxygens (including phenoxy) is 1. The average molecular weight is 423 g/mol.